The van der Waals surface area contributed by atoms with Gasteiger partial charge >= 0.3 is 5.97 Å². The van der Waals surface area contributed by atoms with Gasteiger partial charge in [-0.3, -0.25) is 9.69 Å². The number of carbonyl (C=O) groups excluding carboxylic acids is 2. The SMILES string of the molecule is CCOC(=O)/C(C#N)=C1\S[C@H](CC)C(=O)N1c1ccc(Br)cc1. The van der Waals surface area contributed by atoms with Gasteiger partial charge in [0.1, 0.15) is 11.1 Å². The van der Waals surface area contributed by atoms with Crippen LogP contribution in [-0.2, 0) is 14.3 Å². The number of nitriles is 1. The van der Waals surface area contributed by atoms with Gasteiger partial charge in [0.05, 0.1) is 11.9 Å². The standard InChI is InChI=1S/C16H15BrN2O3S/c1-3-13-14(20)19(11-7-5-10(17)6-8-11)15(23-13)12(9-18)16(21)22-4-2/h5-8,13H,3-4H2,1-2H3/b15-12-/t13-/m1/s1. The summed E-state index contributed by atoms with van der Waals surface area (Å²) in [5.41, 5.74) is 0.484. The maximum atomic E-state index is 12.6. The van der Waals surface area contributed by atoms with E-state index in [4.69, 9.17) is 4.74 Å². The van der Waals surface area contributed by atoms with Crippen molar-refractivity contribution in [1.29, 1.82) is 5.26 Å². The molecule has 1 aromatic carbocycles. The summed E-state index contributed by atoms with van der Waals surface area (Å²) in [6.45, 7) is 3.74. The van der Waals surface area contributed by atoms with Gasteiger partial charge in [-0.2, -0.15) is 5.26 Å². The molecule has 1 saturated heterocycles. The molecule has 2 rings (SSSR count). The van der Waals surface area contributed by atoms with Crippen LogP contribution in [0.5, 0.6) is 0 Å². The summed E-state index contributed by atoms with van der Waals surface area (Å²) in [5.74, 6) is -0.837. The lowest BCUT2D eigenvalue weighted by Crippen LogP contribution is -2.29. The number of benzene rings is 1. The molecule has 1 heterocycles. The van der Waals surface area contributed by atoms with Crippen molar-refractivity contribution in [3.8, 4) is 6.07 Å². The Morgan fingerprint density at radius 1 is 1.39 bits per heavy atom. The van der Waals surface area contributed by atoms with E-state index in [-0.39, 0.29) is 23.3 Å². The number of nitrogens with zero attached hydrogens (tertiary/aromatic N) is 2. The lowest BCUT2D eigenvalue weighted by molar-refractivity contribution is -0.138. The van der Waals surface area contributed by atoms with E-state index in [2.05, 4.69) is 15.9 Å². The average molecular weight is 395 g/mol. The molecule has 7 heteroatoms. The first-order valence-electron chi connectivity index (χ1n) is 7.11. The van der Waals surface area contributed by atoms with Crippen LogP contribution in [-0.4, -0.2) is 23.7 Å². The summed E-state index contributed by atoms with van der Waals surface area (Å²) in [6, 6.07) is 9.03. The van der Waals surface area contributed by atoms with E-state index >= 15 is 0 Å². The number of amides is 1. The lowest BCUT2D eigenvalue weighted by Gasteiger charge is -2.18. The van der Waals surface area contributed by atoms with E-state index in [1.54, 1.807) is 31.2 Å². The van der Waals surface area contributed by atoms with Gasteiger partial charge in [0.25, 0.3) is 0 Å². The Hall–Kier alpha value is -1.78. The lowest BCUT2D eigenvalue weighted by atomic mass is 10.2. The van der Waals surface area contributed by atoms with E-state index in [9.17, 15) is 14.9 Å². The number of hydrogen-bond acceptors (Lipinski definition) is 5. The second-order valence-electron chi connectivity index (χ2n) is 4.68. The van der Waals surface area contributed by atoms with E-state index in [1.807, 2.05) is 13.0 Å². The zero-order valence-electron chi connectivity index (χ0n) is 12.7. The van der Waals surface area contributed by atoms with Crippen LogP contribution in [0, 0.1) is 11.3 Å². The zero-order chi connectivity index (χ0) is 17.0. The molecule has 0 unspecified atom stereocenters. The molecule has 23 heavy (non-hydrogen) atoms. The number of anilines is 1. The molecule has 1 aromatic rings. The third-order valence-electron chi connectivity index (χ3n) is 3.21. The number of carbonyl (C=O) groups is 2. The van der Waals surface area contributed by atoms with Crippen molar-refractivity contribution < 1.29 is 14.3 Å². The predicted octanol–water partition coefficient (Wildman–Crippen LogP) is 3.61. The highest BCUT2D eigenvalue weighted by Crippen LogP contribution is 2.42. The fraction of sp³-hybridized carbons (Fsp3) is 0.312. The molecule has 1 fully saturated rings. The summed E-state index contributed by atoms with van der Waals surface area (Å²) in [5, 5.41) is 9.39. The van der Waals surface area contributed by atoms with Crippen molar-refractivity contribution in [2.75, 3.05) is 11.5 Å². The van der Waals surface area contributed by atoms with Gasteiger partial charge in [0.2, 0.25) is 5.91 Å². The van der Waals surface area contributed by atoms with Crippen molar-refractivity contribution in [3.05, 3.63) is 39.3 Å². The number of hydrogen-bond donors (Lipinski definition) is 0. The van der Waals surface area contributed by atoms with E-state index in [0.717, 1.165) is 4.47 Å². The molecule has 0 aromatic heterocycles. The normalized spacial score (nSPS) is 19.5. The van der Waals surface area contributed by atoms with Crippen molar-refractivity contribution in [2.45, 2.75) is 25.5 Å². The van der Waals surface area contributed by atoms with Crippen LogP contribution in [0.1, 0.15) is 20.3 Å². The van der Waals surface area contributed by atoms with Crippen molar-refractivity contribution in [1.82, 2.24) is 0 Å². The van der Waals surface area contributed by atoms with Crippen molar-refractivity contribution >= 4 is 45.3 Å². The first-order chi connectivity index (χ1) is 11.0. The second-order valence-corrected chi connectivity index (χ2v) is 6.78. The first-order valence-corrected chi connectivity index (χ1v) is 8.78. The highest BCUT2D eigenvalue weighted by molar-refractivity contribution is 9.10. The van der Waals surface area contributed by atoms with E-state index in [1.165, 1.54) is 16.7 Å². The maximum absolute atomic E-state index is 12.6. The number of thioether (sulfide) groups is 1. The molecule has 5 nitrogen and oxygen atoms in total. The zero-order valence-corrected chi connectivity index (χ0v) is 15.1. The Bertz CT molecular complexity index is 694. The van der Waals surface area contributed by atoms with Gasteiger partial charge in [-0.05, 0) is 37.6 Å². The van der Waals surface area contributed by atoms with Crippen LogP contribution < -0.4 is 4.90 Å². The molecule has 1 aliphatic heterocycles. The highest BCUT2D eigenvalue weighted by atomic mass is 79.9. The summed E-state index contributed by atoms with van der Waals surface area (Å²) in [4.78, 5) is 26.1. The molecule has 0 aliphatic carbocycles. The van der Waals surface area contributed by atoms with Crippen LogP contribution in [0.3, 0.4) is 0 Å². The molecule has 0 radical (unpaired) electrons. The Morgan fingerprint density at radius 3 is 2.57 bits per heavy atom. The van der Waals surface area contributed by atoms with Crippen molar-refractivity contribution in [3.63, 3.8) is 0 Å². The molecule has 0 saturated carbocycles. The smallest absolute Gasteiger partial charge is 0.351 e. The Labute approximate surface area is 147 Å². The van der Waals surface area contributed by atoms with Crippen LogP contribution in [0.2, 0.25) is 0 Å². The number of rotatable bonds is 4. The van der Waals surface area contributed by atoms with Gasteiger partial charge in [0, 0.05) is 10.2 Å². The largest absolute Gasteiger partial charge is 0.462 e. The fourth-order valence-corrected chi connectivity index (χ4v) is 3.58. The molecular formula is C16H15BrN2O3S. The average Bonchev–Trinajstić information content (AvgIpc) is 2.86. The van der Waals surface area contributed by atoms with E-state index in [0.29, 0.717) is 17.1 Å². The van der Waals surface area contributed by atoms with Crippen LogP contribution in [0.25, 0.3) is 0 Å². The quantitative estimate of drug-likeness (QED) is 0.443. The number of esters is 1. The van der Waals surface area contributed by atoms with Crippen LogP contribution in [0.15, 0.2) is 39.3 Å². The van der Waals surface area contributed by atoms with Gasteiger partial charge in [-0.15, -0.1) is 0 Å². The molecule has 1 aliphatic rings. The first kappa shape index (κ1) is 17.6. The molecule has 0 N–H and O–H groups in total. The predicted molar refractivity (Wildman–Crippen MR) is 92.6 cm³/mol. The monoisotopic (exact) mass is 394 g/mol. The minimum Gasteiger partial charge on any atom is -0.462 e. The molecule has 0 bridgehead atoms. The molecule has 1 amide bonds. The van der Waals surface area contributed by atoms with Gasteiger partial charge in [0.15, 0.2) is 5.57 Å². The second kappa shape index (κ2) is 7.66. The summed E-state index contributed by atoms with van der Waals surface area (Å²) >= 11 is 4.58. The van der Waals surface area contributed by atoms with Crippen LogP contribution >= 0.6 is 27.7 Å². The number of ether oxygens (including phenoxy) is 1. The summed E-state index contributed by atoms with van der Waals surface area (Å²) in [6.07, 6.45) is 0.613. The molecule has 0 spiro atoms. The Kier molecular flexibility index (Phi) is 5.85. The molecular weight excluding hydrogens is 380 g/mol. The Balaban J connectivity index is 2.54. The topological polar surface area (TPSA) is 70.4 Å². The molecule has 1 atom stereocenters. The summed E-state index contributed by atoms with van der Waals surface area (Å²) in [7, 11) is 0. The Morgan fingerprint density at radius 2 is 2.04 bits per heavy atom. The number of halogens is 1. The highest BCUT2D eigenvalue weighted by Gasteiger charge is 2.40. The van der Waals surface area contributed by atoms with Crippen molar-refractivity contribution in [2.24, 2.45) is 0 Å². The van der Waals surface area contributed by atoms with Crippen LogP contribution in [0.4, 0.5) is 5.69 Å². The minimum atomic E-state index is -0.704. The van der Waals surface area contributed by atoms with Gasteiger partial charge < -0.3 is 4.74 Å². The maximum Gasteiger partial charge on any atom is 0.351 e. The third-order valence-corrected chi connectivity index (χ3v) is 5.17. The third kappa shape index (κ3) is 3.59. The van der Waals surface area contributed by atoms with Gasteiger partial charge in [-0.25, -0.2) is 4.79 Å². The minimum absolute atomic E-state index is 0.133. The van der Waals surface area contributed by atoms with E-state index < -0.39 is 5.97 Å². The van der Waals surface area contributed by atoms with Gasteiger partial charge in [-0.1, -0.05) is 34.6 Å². The fourth-order valence-electron chi connectivity index (χ4n) is 2.13. The molecule has 120 valence electrons. The summed E-state index contributed by atoms with van der Waals surface area (Å²) < 4.78 is 5.82.